The van der Waals surface area contributed by atoms with E-state index in [2.05, 4.69) is 44.6 Å². The molecule has 0 bridgehead atoms. The molecule has 1 saturated heterocycles. The van der Waals surface area contributed by atoms with Crippen LogP contribution in [0.1, 0.15) is 47.9 Å². The van der Waals surface area contributed by atoms with Crippen LogP contribution in [0.15, 0.2) is 36.5 Å². The van der Waals surface area contributed by atoms with E-state index in [0.29, 0.717) is 17.4 Å². The highest BCUT2D eigenvalue weighted by Gasteiger charge is 2.18. The number of nitrogens with zero attached hydrogens (tertiary/aromatic N) is 4. The quantitative estimate of drug-likeness (QED) is 0.693. The standard InChI is InChI=1S/C22H28N6O/c1-15-7-4-5-10-28(15)13-17-8-6-9-18(11-17)23-22(29)21-12-20(24-25-21)19-14-27(3)26-16(19)2/h6,8-9,11-12,14-15H,4-5,7,10,13H2,1-3H3,(H,23,29)(H,24,25)/t15-/m1/s1. The number of carbonyl (C=O) groups excluding carboxylic acids is 1. The Morgan fingerprint density at radius 3 is 2.93 bits per heavy atom. The van der Waals surface area contributed by atoms with Crippen LogP contribution in [-0.2, 0) is 13.6 Å². The Hall–Kier alpha value is -2.93. The Kier molecular flexibility index (Phi) is 5.49. The molecule has 1 atom stereocenters. The first-order chi connectivity index (χ1) is 14.0. The number of rotatable bonds is 5. The summed E-state index contributed by atoms with van der Waals surface area (Å²) in [6.45, 7) is 6.28. The van der Waals surface area contributed by atoms with Crippen LogP contribution >= 0.6 is 0 Å². The smallest absolute Gasteiger partial charge is 0.273 e. The van der Waals surface area contributed by atoms with Crippen molar-refractivity contribution < 1.29 is 4.79 Å². The number of benzene rings is 1. The highest BCUT2D eigenvalue weighted by molar-refractivity contribution is 6.03. The lowest BCUT2D eigenvalue weighted by Gasteiger charge is -2.33. The topological polar surface area (TPSA) is 78.8 Å². The van der Waals surface area contributed by atoms with Crippen LogP contribution in [0, 0.1) is 6.92 Å². The predicted octanol–water partition coefficient (Wildman–Crippen LogP) is 3.75. The lowest BCUT2D eigenvalue weighted by Crippen LogP contribution is -2.36. The van der Waals surface area contributed by atoms with E-state index in [-0.39, 0.29) is 5.91 Å². The molecule has 4 rings (SSSR count). The number of aromatic nitrogens is 4. The third-order valence-electron chi connectivity index (χ3n) is 5.62. The van der Waals surface area contributed by atoms with Crippen LogP contribution in [0.2, 0.25) is 0 Å². The first-order valence-electron chi connectivity index (χ1n) is 10.2. The average molecular weight is 393 g/mol. The van der Waals surface area contributed by atoms with Gasteiger partial charge in [-0.25, -0.2) is 0 Å². The molecule has 0 saturated carbocycles. The third kappa shape index (κ3) is 4.40. The molecule has 0 radical (unpaired) electrons. The predicted molar refractivity (Wildman–Crippen MR) is 114 cm³/mol. The Bertz CT molecular complexity index is 1000. The van der Waals surface area contributed by atoms with E-state index in [1.807, 2.05) is 32.3 Å². The van der Waals surface area contributed by atoms with E-state index < -0.39 is 0 Å². The summed E-state index contributed by atoms with van der Waals surface area (Å²) in [6, 6.07) is 10.5. The number of anilines is 1. The van der Waals surface area contributed by atoms with Gasteiger partial charge >= 0.3 is 0 Å². The minimum Gasteiger partial charge on any atom is -0.321 e. The van der Waals surface area contributed by atoms with Crippen LogP contribution in [0.4, 0.5) is 5.69 Å². The molecule has 0 unspecified atom stereocenters. The second-order valence-electron chi connectivity index (χ2n) is 7.94. The second-order valence-corrected chi connectivity index (χ2v) is 7.94. The van der Waals surface area contributed by atoms with Gasteiger partial charge in [0, 0.05) is 37.1 Å². The van der Waals surface area contributed by atoms with Gasteiger partial charge in [-0.3, -0.25) is 19.5 Å². The molecule has 1 fully saturated rings. The summed E-state index contributed by atoms with van der Waals surface area (Å²) in [5.41, 5.74) is 4.96. The molecule has 3 aromatic rings. The largest absolute Gasteiger partial charge is 0.321 e. The van der Waals surface area contributed by atoms with Crippen LogP contribution in [0.3, 0.4) is 0 Å². The van der Waals surface area contributed by atoms with Crippen molar-refractivity contribution in [3.8, 4) is 11.3 Å². The number of hydrogen-bond donors (Lipinski definition) is 2. The first-order valence-corrected chi connectivity index (χ1v) is 10.2. The van der Waals surface area contributed by atoms with Crippen LogP contribution in [0.25, 0.3) is 11.3 Å². The molecule has 1 aliphatic rings. The van der Waals surface area contributed by atoms with E-state index in [4.69, 9.17) is 0 Å². The molecule has 152 valence electrons. The van der Waals surface area contributed by atoms with Gasteiger partial charge in [0.15, 0.2) is 0 Å². The van der Waals surface area contributed by atoms with Gasteiger partial charge in [-0.15, -0.1) is 0 Å². The van der Waals surface area contributed by atoms with Crippen LogP contribution in [0.5, 0.6) is 0 Å². The maximum absolute atomic E-state index is 12.7. The van der Waals surface area contributed by atoms with Crippen molar-refractivity contribution in [2.45, 2.75) is 45.7 Å². The summed E-state index contributed by atoms with van der Waals surface area (Å²) in [5, 5.41) is 14.4. The van der Waals surface area contributed by atoms with E-state index in [0.717, 1.165) is 30.0 Å². The minimum absolute atomic E-state index is 0.200. The number of H-pyrrole nitrogens is 1. The molecule has 29 heavy (non-hydrogen) atoms. The van der Waals surface area contributed by atoms with Crippen molar-refractivity contribution in [2.24, 2.45) is 7.05 Å². The number of aryl methyl sites for hydroxylation is 2. The fourth-order valence-corrected chi connectivity index (χ4v) is 4.00. The molecule has 0 spiro atoms. The van der Waals surface area contributed by atoms with Crippen molar-refractivity contribution in [1.29, 1.82) is 0 Å². The molecule has 2 N–H and O–H groups in total. The molecule has 0 aliphatic carbocycles. The maximum atomic E-state index is 12.7. The number of aromatic amines is 1. The Morgan fingerprint density at radius 1 is 1.31 bits per heavy atom. The highest BCUT2D eigenvalue weighted by Crippen LogP contribution is 2.22. The van der Waals surface area contributed by atoms with Crippen molar-refractivity contribution >= 4 is 11.6 Å². The number of amides is 1. The molecule has 1 aromatic carbocycles. The van der Waals surface area contributed by atoms with Gasteiger partial charge in [0.2, 0.25) is 0 Å². The van der Waals surface area contributed by atoms with Crippen molar-refractivity contribution in [2.75, 3.05) is 11.9 Å². The summed E-state index contributed by atoms with van der Waals surface area (Å²) >= 11 is 0. The maximum Gasteiger partial charge on any atom is 0.273 e. The van der Waals surface area contributed by atoms with Gasteiger partial charge in [0.25, 0.3) is 5.91 Å². The summed E-state index contributed by atoms with van der Waals surface area (Å²) in [7, 11) is 1.87. The summed E-state index contributed by atoms with van der Waals surface area (Å²) in [4.78, 5) is 15.2. The molecule has 1 amide bonds. The summed E-state index contributed by atoms with van der Waals surface area (Å²) in [5.74, 6) is -0.200. The average Bonchev–Trinajstić information content (AvgIpc) is 3.30. The molecule has 1 aliphatic heterocycles. The van der Waals surface area contributed by atoms with Crippen molar-refractivity contribution in [3.05, 3.63) is 53.5 Å². The van der Waals surface area contributed by atoms with Gasteiger partial charge in [0.1, 0.15) is 5.69 Å². The highest BCUT2D eigenvalue weighted by atomic mass is 16.1. The lowest BCUT2D eigenvalue weighted by atomic mass is 10.0. The Balaban J connectivity index is 1.44. The third-order valence-corrected chi connectivity index (χ3v) is 5.62. The van der Waals surface area contributed by atoms with Gasteiger partial charge in [-0.1, -0.05) is 18.6 Å². The minimum atomic E-state index is -0.200. The van der Waals surface area contributed by atoms with Crippen molar-refractivity contribution in [3.63, 3.8) is 0 Å². The molecule has 3 heterocycles. The monoisotopic (exact) mass is 392 g/mol. The van der Waals surface area contributed by atoms with E-state index in [1.165, 1.54) is 24.8 Å². The van der Waals surface area contributed by atoms with Crippen molar-refractivity contribution in [1.82, 2.24) is 24.9 Å². The second kappa shape index (κ2) is 8.21. The van der Waals surface area contributed by atoms with Crippen LogP contribution in [-0.4, -0.2) is 43.4 Å². The van der Waals surface area contributed by atoms with E-state index >= 15 is 0 Å². The molecular weight excluding hydrogens is 364 g/mol. The SMILES string of the molecule is Cc1nn(C)cc1-c1cc(C(=O)Nc2cccc(CN3CCCC[C@H]3C)c2)[nH]n1. The zero-order valence-corrected chi connectivity index (χ0v) is 17.3. The van der Waals surface area contributed by atoms with Gasteiger partial charge in [-0.05, 0) is 57.0 Å². The van der Waals surface area contributed by atoms with Gasteiger partial charge in [0.05, 0.1) is 11.4 Å². The van der Waals surface area contributed by atoms with Crippen LogP contribution < -0.4 is 5.32 Å². The summed E-state index contributed by atoms with van der Waals surface area (Å²) in [6.07, 6.45) is 5.74. The fraction of sp³-hybridized carbons (Fsp3) is 0.409. The number of carbonyl (C=O) groups is 1. The number of piperidine rings is 1. The molecular formula is C22H28N6O. The number of hydrogen-bond acceptors (Lipinski definition) is 4. The number of nitrogens with one attached hydrogen (secondary N) is 2. The fourth-order valence-electron chi connectivity index (χ4n) is 4.00. The zero-order chi connectivity index (χ0) is 20.4. The first kappa shape index (κ1) is 19.4. The number of likely N-dealkylation sites (tertiary alicyclic amines) is 1. The Morgan fingerprint density at radius 2 is 2.17 bits per heavy atom. The molecule has 2 aromatic heterocycles. The normalized spacial score (nSPS) is 17.4. The van der Waals surface area contributed by atoms with Gasteiger partial charge in [-0.2, -0.15) is 10.2 Å². The summed E-state index contributed by atoms with van der Waals surface area (Å²) < 4.78 is 1.74. The van der Waals surface area contributed by atoms with E-state index in [9.17, 15) is 4.79 Å². The molecule has 7 nitrogen and oxygen atoms in total. The lowest BCUT2D eigenvalue weighted by molar-refractivity contribution is 0.102. The molecule has 7 heteroatoms. The Labute approximate surface area is 171 Å². The van der Waals surface area contributed by atoms with E-state index in [1.54, 1.807) is 10.7 Å². The zero-order valence-electron chi connectivity index (χ0n) is 17.3. The van der Waals surface area contributed by atoms with Gasteiger partial charge < -0.3 is 5.32 Å².